The highest BCUT2D eigenvalue weighted by Crippen LogP contribution is 2.31. The molecule has 1 saturated carbocycles. The predicted molar refractivity (Wildman–Crippen MR) is 120 cm³/mol. The number of nitrogens with one attached hydrogen (secondary N) is 1. The van der Waals surface area contributed by atoms with Gasteiger partial charge in [0.05, 0.1) is 21.2 Å². The average Bonchev–Trinajstić information content (AvgIpc) is 3.56. The minimum absolute atomic E-state index is 0.0349. The van der Waals surface area contributed by atoms with Gasteiger partial charge in [-0.25, -0.2) is 13.1 Å². The van der Waals surface area contributed by atoms with Gasteiger partial charge in [0.2, 0.25) is 10.0 Å². The standard InChI is InChI=1S/C21H21Cl2N3O5S/c22-16-12-17(23)19(32(30,31)24-13-5-6-13)11-15(16)21(29)26-9-7-25(8-10-26)20(28)14-3-1-2-4-18(14)27/h1-4,11-13,24,27H,5-10H2. The van der Waals surface area contributed by atoms with Crippen LogP contribution in [0.3, 0.4) is 0 Å². The highest BCUT2D eigenvalue weighted by molar-refractivity contribution is 7.89. The van der Waals surface area contributed by atoms with Gasteiger partial charge in [-0.05, 0) is 37.1 Å². The number of aromatic hydroxyl groups is 1. The molecular weight excluding hydrogens is 477 g/mol. The van der Waals surface area contributed by atoms with Crippen LogP contribution in [0.5, 0.6) is 5.75 Å². The van der Waals surface area contributed by atoms with Gasteiger partial charge in [-0.1, -0.05) is 35.3 Å². The molecule has 0 spiro atoms. The number of phenolic OH excluding ortho intramolecular Hbond substituents is 1. The van der Waals surface area contributed by atoms with Gasteiger partial charge in [-0.3, -0.25) is 9.59 Å². The first-order valence-electron chi connectivity index (χ1n) is 10.1. The van der Waals surface area contributed by atoms with Crippen molar-refractivity contribution in [3.05, 3.63) is 57.6 Å². The number of piperazine rings is 1. The monoisotopic (exact) mass is 497 g/mol. The van der Waals surface area contributed by atoms with Gasteiger partial charge in [0.25, 0.3) is 11.8 Å². The summed E-state index contributed by atoms with van der Waals surface area (Å²) in [6.45, 7) is 0.996. The topological polar surface area (TPSA) is 107 Å². The van der Waals surface area contributed by atoms with E-state index >= 15 is 0 Å². The molecule has 1 heterocycles. The molecule has 2 amide bonds. The van der Waals surface area contributed by atoms with E-state index in [1.54, 1.807) is 23.1 Å². The van der Waals surface area contributed by atoms with Crippen LogP contribution in [0.15, 0.2) is 41.3 Å². The maximum atomic E-state index is 13.1. The number of sulfonamides is 1. The van der Waals surface area contributed by atoms with Crippen LogP contribution in [-0.4, -0.2) is 67.4 Å². The van der Waals surface area contributed by atoms with Crippen LogP contribution in [0.1, 0.15) is 33.6 Å². The van der Waals surface area contributed by atoms with Crippen LogP contribution >= 0.6 is 23.2 Å². The molecule has 0 atom stereocenters. The quantitative estimate of drug-likeness (QED) is 0.660. The number of carbonyl (C=O) groups is 2. The lowest BCUT2D eigenvalue weighted by Gasteiger charge is -2.35. The molecule has 2 aromatic rings. The number of rotatable bonds is 5. The molecule has 170 valence electrons. The zero-order valence-electron chi connectivity index (χ0n) is 16.9. The maximum absolute atomic E-state index is 13.1. The zero-order valence-corrected chi connectivity index (χ0v) is 19.3. The Kier molecular flexibility index (Phi) is 6.35. The summed E-state index contributed by atoms with van der Waals surface area (Å²) in [7, 11) is -3.87. The van der Waals surface area contributed by atoms with Crippen molar-refractivity contribution in [3.8, 4) is 5.75 Å². The number of hydrogen-bond acceptors (Lipinski definition) is 5. The Hall–Kier alpha value is -2.33. The first kappa shape index (κ1) is 22.8. The van der Waals surface area contributed by atoms with Crippen molar-refractivity contribution in [2.75, 3.05) is 26.2 Å². The number of para-hydroxylation sites is 1. The molecule has 2 N–H and O–H groups in total. The number of halogens is 2. The first-order chi connectivity index (χ1) is 15.2. The van der Waals surface area contributed by atoms with E-state index in [0.717, 1.165) is 12.8 Å². The van der Waals surface area contributed by atoms with Gasteiger partial charge < -0.3 is 14.9 Å². The second kappa shape index (κ2) is 8.90. The summed E-state index contributed by atoms with van der Waals surface area (Å²) in [6.07, 6.45) is 1.53. The molecule has 1 aliphatic carbocycles. The normalized spacial score (nSPS) is 16.8. The maximum Gasteiger partial charge on any atom is 0.257 e. The van der Waals surface area contributed by atoms with Gasteiger partial charge in [0.1, 0.15) is 10.6 Å². The van der Waals surface area contributed by atoms with E-state index in [1.807, 2.05) is 0 Å². The molecule has 2 aliphatic rings. The Morgan fingerprint density at radius 1 is 0.906 bits per heavy atom. The summed E-state index contributed by atoms with van der Waals surface area (Å²) in [5.41, 5.74) is 0.235. The van der Waals surface area contributed by atoms with E-state index < -0.39 is 15.9 Å². The molecule has 4 rings (SSSR count). The van der Waals surface area contributed by atoms with Crippen LogP contribution in [0.2, 0.25) is 10.0 Å². The Morgan fingerprint density at radius 3 is 2.03 bits per heavy atom. The molecule has 0 unspecified atom stereocenters. The number of carbonyl (C=O) groups excluding carboxylic acids is 2. The fourth-order valence-corrected chi connectivity index (χ4v) is 5.65. The third kappa shape index (κ3) is 4.71. The van der Waals surface area contributed by atoms with Crippen molar-refractivity contribution >= 4 is 45.0 Å². The van der Waals surface area contributed by atoms with E-state index in [2.05, 4.69) is 4.72 Å². The second-order valence-electron chi connectivity index (χ2n) is 7.76. The van der Waals surface area contributed by atoms with E-state index in [0.29, 0.717) is 0 Å². The van der Waals surface area contributed by atoms with Gasteiger partial charge in [-0.15, -0.1) is 0 Å². The highest BCUT2D eigenvalue weighted by atomic mass is 35.5. The summed E-state index contributed by atoms with van der Waals surface area (Å²) in [6, 6.07) is 8.64. The summed E-state index contributed by atoms with van der Waals surface area (Å²) >= 11 is 12.3. The Bertz CT molecular complexity index is 1180. The fourth-order valence-electron chi connectivity index (χ4n) is 3.49. The van der Waals surface area contributed by atoms with Gasteiger partial charge in [-0.2, -0.15) is 0 Å². The predicted octanol–water partition coefficient (Wildman–Crippen LogP) is 2.74. The lowest BCUT2D eigenvalue weighted by atomic mass is 10.1. The summed E-state index contributed by atoms with van der Waals surface area (Å²) in [4.78, 5) is 28.6. The van der Waals surface area contributed by atoms with Crippen LogP contribution < -0.4 is 4.72 Å². The van der Waals surface area contributed by atoms with Crippen molar-refractivity contribution < 1.29 is 23.1 Å². The van der Waals surface area contributed by atoms with E-state index in [1.165, 1.54) is 23.1 Å². The molecule has 2 fully saturated rings. The van der Waals surface area contributed by atoms with E-state index in [4.69, 9.17) is 23.2 Å². The van der Waals surface area contributed by atoms with E-state index in [9.17, 15) is 23.1 Å². The second-order valence-corrected chi connectivity index (χ2v) is 10.3. The Labute approximate surface area is 195 Å². The van der Waals surface area contributed by atoms with Crippen LogP contribution in [0, 0.1) is 0 Å². The largest absolute Gasteiger partial charge is 0.507 e. The number of benzene rings is 2. The lowest BCUT2D eigenvalue weighted by Crippen LogP contribution is -2.50. The molecule has 11 heteroatoms. The average molecular weight is 498 g/mol. The van der Waals surface area contributed by atoms with Gasteiger partial charge in [0.15, 0.2) is 0 Å². The summed E-state index contributed by atoms with van der Waals surface area (Å²) < 4.78 is 27.8. The summed E-state index contributed by atoms with van der Waals surface area (Å²) in [5.74, 6) is -0.860. The van der Waals surface area contributed by atoms with Crippen molar-refractivity contribution in [1.29, 1.82) is 0 Å². The van der Waals surface area contributed by atoms with Crippen molar-refractivity contribution in [2.24, 2.45) is 0 Å². The SMILES string of the molecule is O=C(c1ccccc1O)N1CCN(C(=O)c2cc(S(=O)(=O)NC3CC3)c(Cl)cc2Cl)CC1. The van der Waals surface area contributed by atoms with Crippen LogP contribution in [0.4, 0.5) is 0 Å². The Balaban J connectivity index is 1.49. The summed E-state index contributed by atoms with van der Waals surface area (Å²) in [5, 5.41) is 9.91. The number of hydrogen-bond donors (Lipinski definition) is 2. The van der Waals surface area contributed by atoms with Crippen molar-refractivity contribution in [2.45, 2.75) is 23.8 Å². The Morgan fingerprint density at radius 2 is 1.47 bits per heavy atom. The molecule has 1 saturated heterocycles. The third-order valence-corrected chi connectivity index (χ3v) is 7.73. The zero-order chi connectivity index (χ0) is 23.0. The highest BCUT2D eigenvalue weighted by Gasteiger charge is 2.32. The van der Waals surface area contributed by atoms with Crippen LogP contribution in [-0.2, 0) is 10.0 Å². The first-order valence-corrected chi connectivity index (χ1v) is 12.3. The lowest BCUT2D eigenvalue weighted by molar-refractivity contribution is 0.0533. The molecule has 2 aromatic carbocycles. The smallest absolute Gasteiger partial charge is 0.257 e. The van der Waals surface area contributed by atoms with Crippen LogP contribution in [0.25, 0.3) is 0 Å². The molecule has 0 bridgehead atoms. The third-order valence-electron chi connectivity index (χ3n) is 5.43. The van der Waals surface area contributed by atoms with Gasteiger partial charge >= 0.3 is 0 Å². The minimum atomic E-state index is -3.87. The fraction of sp³-hybridized carbons (Fsp3) is 0.333. The molecular formula is C21H21Cl2N3O5S. The molecule has 0 radical (unpaired) electrons. The number of nitrogens with zero attached hydrogens (tertiary/aromatic N) is 2. The minimum Gasteiger partial charge on any atom is -0.507 e. The molecule has 32 heavy (non-hydrogen) atoms. The van der Waals surface area contributed by atoms with Gasteiger partial charge in [0, 0.05) is 32.2 Å². The molecule has 8 nitrogen and oxygen atoms in total. The van der Waals surface area contributed by atoms with Crippen molar-refractivity contribution in [3.63, 3.8) is 0 Å². The van der Waals surface area contributed by atoms with Crippen molar-refractivity contribution in [1.82, 2.24) is 14.5 Å². The number of amides is 2. The molecule has 1 aliphatic heterocycles. The number of phenols is 1. The molecule has 0 aromatic heterocycles. The van der Waals surface area contributed by atoms with E-state index in [-0.39, 0.29) is 69.9 Å².